The van der Waals surface area contributed by atoms with Gasteiger partial charge in [0.2, 0.25) is 0 Å². The molecule has 2 aliphatic heterocycles. The summed E-state index contributed by atoms with van der Waals surface area (Å²) < 4.78 is 7.77. The highest BCUT2D eigenvalue weighted by molar-refractivity contribution is 14.0. The van der Waals surface area contributed by atoms with E-state index in [-0.39, 0.29) is 30.1 Å². The van der Waals surface area contributed by atoms with Crippen LogP contribution >= 0.6 is 24.0 Å². The molecule has 2 unspecified atom stereocenters. The van der Waals surface area contributed by atoms with Crippen molar-refractivity contribution in [2.24, 2.45) is 12.0 Å². The first-order valence-electron chi connectivity index (χ1n) is 9.51. The SMILES string of the molecule is CCC(CNC(=NC)N1CCOC(c2cnn(C)c2)C1)N1CCCC1.I. The van der Waals surface area contributed by atoms with Gasteiger partial charge < -0.3 is 15.0 Å². The second-order valence-electron chi connectivity index (χ2n) is 6.99. The zero-order valence-corrected chi connectivity index (χ0v) is 18.6. The van der Waals surface area contributed by atoms with Crippen LogP contribution < -0.4 is 5.32 Å². The third-order valence-corrected chi connectivity index (χ3v) is 5.30. The fraction of sp³-hybridized carbons (Fsp3) is 0.778. The molecule has 26 heavy (non-hydrogen) atoms. The van der Waals surface area contributed by atoms with Crippen molar-refractivity contribution >= 4 is 29.9 Å². The second-order valence-corrected chi connectivity index (χ2v) is 6.99. The highest BCUT2D eigenvalue weighted by Crippen LogP contribution is 2.21. The van der Waals surface area contributed by atoms with Crippen molar-refractivity contribution in [1.82, 2.24) is 24.9 Å². The Morgan fingerprint density at radius 2 is 2.15 bits per heavy atom. The van der Waals surface area contributed by atoms with Gasteiger partial charge in [0.25, 0.3) is 0 Å². The van der Waals surface area contributed by atoms with Crippen LogP contribution in [0, 0.1) is 0 Å². The Labute approximate surface area is 174 Å². The van der Waals surface area contributed by atoms with Crippen molar-refractivity contribution in [3.63, 3.8) is 0 Å². The molecular weight excluding hydrogens is 443 g/mol. The Balaban J connectivity index is 0.00000243. The smallest absolute Gasteiger partial charge is 0.193 e. The molecule has 2 fully saturated rings. The maximum Gasteiger partial charge on any atom is 0.193 e. The number of aromatic nitrogens is 2. The number of halogens is 1. The predicted octanol–water partition coefficient (Wildman–Crippen LogP) is 1.86. The number of ether oxygens (including phenoxy) is 1. The van der Waals surface area contributed by atoms with Gasteiger partial charge in [-0.15, -0.1) is 24.0 Å². The van der Waals surface area contributed by atoms with Gasteiger partial charge in [-0.3, -0.25) is 14.6 Å². The van der Waals surface area contributed by atoms with Crippen LogP contribution in [-0.4, -0.2) is 78.0 Å². The molecular formula is C18H33IN6O. The average molecular weight is 476 g/mol. The minimum atomic E-state index is 0. The number of nitrogens with one attached hydrogen (secondary N) is 1. The largest absolute Gasteiger partial charge is 0.370 e. The van der Waals surface area contributed by atoms with E-state index in [9.17, 15) is 0 Å². The summed E-state index contributed by atoms with van der Waals surface area (Å²) in [6, 6.07) is 0.592. The highest BCUT2D eigenvalue weighted by Gasteiger charge is 2.26. The summed E-state index contributed by atoms with van der Waals surface area (Å²) in [7, 11) is 3.81. The number of guanidine groups is 1. The summed E-state index contributed by atoms with van der Waals surface area (Å²) in [5.74, 6) is 0.981. The molecule has 2 atom stereocenters. The molecule has 7 nitrogen and oxygen atoms in total. The molecule has 1 N–H and O–H groups in total. The normalized spacial score (nSPS) is 23.0. The zero-order valence-electron chi connectivity index (χ0n) is 16.2. The van der Waals surface area contributed by atoms with E-state index in [0.717, 1.165) is 31.2 Å². The first-order chi connectivity index (χ1) is 12.2. The highest BCUT2D eigenvalue weighted by atomic mass is 127. The van der Waals surface area contributed by atoms with Crippen molar-refractivity contribution in [1.29, 1.82) is 0 Å². The molecule has 0 amide bonds. The molecule has 2 aliphatic rings. The fourth-order valence-corrected chi connectivity index (χ4v) is 3.83. The molecule has 0 bridgehead atoms. The fourth-order valence-electron chi connectivity index (χ4n) is 3.83. The number of likely N-dealkylation sites (tertiary alicyclic amines) is 1. The van der Waals surface area contributed by atoms with Crippen LogP contribution in [-0.2, 0) is 11.8 Å². The van der Waals surface area contributed by atoms with Crippen LogP contribution in [0.3, 0.4) is 0 Å². The minimum absolute atomic E-state index is 0. The van der Waals surface area contributed by atoms with Gasteiger partial charge in [-0.05, 0) is 32.4 Å². The van der Waals surface area contributed by atoms with E-state index in [2.05, 4.69) is 32.1 Å². The van der Waals surface area contributed by atoms with Gasteiger partial charge in [0.05, 0.1) is 19.3 Å². The molecule has 0 aromatic carbocycles. The van der Waals surface area contributed by atoms with Crippen LogP contribution in [0.2, 0.25) is 0 Å². The Hall–Kier alpha value is -0.870. The van der Waals surface area contributed by atoms with E-state index in [4.69, 9.17) is 4.74 Å². The third kappa shape index (κ3) is 5.32. The van der Waals surface area contributed by atoms with Crippen LogP contribution in [0.15, 0.2) is 17.4 Å². The molecule has 0 aliphatic carbocycles. The van der Waals surface area contributed by atoms with E-state index >= 15 is 0 Å². The molecule has 1 aromatic rings. The van der Waals surface area contributed by atoms with Crippen LogP contribution in [0.4, 0.5) is 0 Å². The Kier molecular flexibility index (Phi) is 8.62. The first kappa shape index (κ1) is 21.4. The molecule has 3 rings (SSSR count). The van der Waals surface area contributed by atoms with Gasteiger partial charge in [0, 0.05) is 45.0 Å². The van der Waals surface area contributed by atoms with Gasteiger partial charge in [-0.1, -0.05) is 6.92 Å². The molecule has 2 saturated heterocycles. The Morgan fingerprint density at radius 3 is 2.77 bits per heavy atom. The van der Waals surface area contributed by atoms with E-state index in [1.807, 2.05) is 31.2 Å². The maximum atomic E-state index is 5.94. The number of aryl methyl sites for hydroxylation is 1. The summed E-state index contributed by atoms with van der Waals surface area (Å²) in [6.07, 6.45) is 7.82. The topological polar surface area (TPSA) is 57.9 Å². The second kappa shape index (κ2) is 10.5. The molecule has 0 spiro atoms. The quantitative estimate of drug-likeness (QED) is 0.400. The van der Waals surface area contributed by atoms with Crippen LogP contribution in [0.5, 0.6) is 0 Å². The van der Waals surface area contributed by atoms with Crippen molar-refractivity contribution in [2.75, 3.05) is 46.4 Å². The van der Waals surface area contributed by atoms with Gasteiger partial charge in [0.15, 0.2) is 5.96 Å². The van der Waals surface area contributed by atoms with Gasteiger partial charge in [-0.25, -0.2) is 0 Å². The third-order valence-electron chi connectivity index (χ3n) is 5.30. The van der Waals surface area contributed by atoms with E-state index in [0.29, 0.717) is 12.6 Å². The molecule has 148 valence electrons. The first-order valence-corrected chi connectivity index (χ1v) is 9.51. The number of hydrogen-bond donors (Lipinski definition) is 1. The Bertz CT molecular complexity index is 572. The average Bonchev–Trinajstić information content (AvgIpc) is 3.31. The lowest BCUT2D eigenvalue weighted by molar-refractivity contribution is -0.00812. The number of nitrogens with zero attached hydrogens (tertiary/aromatic N) is 5. The van der Waals surface area contributed by atoms with E-state index < -0.39 is 0 Å². The lowest BCUT2D eigenvalue weighted by Crippen LogP contribution is -2.51. The lowest BCUT2D eigenvalue weighted by Gasteiger charge is -2.36. The molecule has 3 heterocycles. The maximum absolute atomic E-state index is 5.94. The molecule has 8 heteroatoms. The zero-order chi connectivity index (χ0) is 17.6. The van der Waals surface area contributed by atoms with Gasteiger partial charge in [0.1, 0.15) is 6.10 Å². The van der Waals surface area contributed by atoms with E-state index in [1.54, 1.807) is 0 Å². The van der Waals surface area contributed by atoms with Gasteiger partial charge >= 0.3 is 0 Å². The summed E-state index contributed by atoms with van der Waals surface area (Å²) in [4.78, 5) is 9.43. The predicted molar refractivity (Wildman–Crippen MR) is 115 cm³/mol. The summed E-state index contributed by atoms with van der Waals surface area (Å²) >= 11 is 0. The lowest BCUT2D eigenvalue weighted by atomic mass is 10.1. The standard InChI is InChI=1S/C18H32N6O.HI/c1-4-16(23-7-5-6-8-23)12-20-18(19-2)24-9-10-25-17(14-24)15-11-21-22(3)13-15;/h11,13,16-17H,4-10,12,14H2,1-3H3,(H,19,20);1H. The minimum Gasteiger partial charge on any atom is -0.370 e. The van der Waals surface area contributed by atoms with Gasteiger partial charge in [-0.2, -0.15) is 5.10 Å². The van der Waals surface area contributed by atoms with Crippen LogP contribution in [0.1, 0.15) is 37.9 Å². The molecule has 0 radical (unpaired) electrons. The monoisotopic (exact) mass is 476 g/mol. The van der Waals surface area contributed by atoms with Crippen molar-refractivity contribution in [3.05, 3.63) is 18.0 Å². The summed E-state index contributed by atoms with van der Waals surface area (Å²) in [5.41, 5.74) is 1.13. The van der Waals surface area contributed by atoms with Crippen molar-refractivity contribution in [2.45, 2.75) is 38.3 Å². The van der Waals surface area contributed by atoms with Crippen molar-refractivity contribution < 1.29 is 4.74 Å². The summed E-state index contributed by atoms with van der Waals surface area (Å²) in [5, 5.41) is 7.87. The Morgan fingerprint density at radius 1 is 1.38 bits per heavy atom. The summed E-state index contributed by atoms with van der Waals surface area (Å²) in [6.45, 7) is 8.10. The molecule has 1 aromatic heterocycles. The number of morpholine rings is 1. The van der Waals surface area contributed by atoms with Crippen LogP contribution in [0.25, 0.3) is 0 Å². The number of hydrogen-bond acceptors (Lipinski definition) is 4. The van der Waals surface area contributed by atoms with E-state index in [1.165, 1.54) is 32.4 Å². The number of rotatable bonds is 5. The van der Waals surface area contributed by atoms with Crippen molar-refractivity contribution in [3.8, 4) is 0 Å². The number of aliphatic imine (C=N–C) groups is 1. The molecule has 0 saturated carbocycles.